The minimum absolute atomic E-state index is 0.403. The minimum Gasteiger partial charge on any atom is -0.480 e. The molecule has 0 atom stereocenters. The largest absolute Gasteiger partial charge is 0.480 e. The number of aliphatic carboxylic acids is 1. The van der Waals surface area contributed by atoms with Crippen LogP contribution in [0.4, 0.5) is 0 Å². The molecule has 15 N–H and O–H groups in total. The zero-order valence-electron chi connectivity index (χ0n) is 15.9. The zero-order valence-corrected chi connectivity index (χ0v) is 16.8. The van der Waals surface area contributed by atoms with Gasteiger partial charge in [0.05, 0.1) is 50.7 Å². The van der Waals surface area contributed by atoms with Crippen molar-refractivity contribution in [2.45, 2.75) is 11.1 Å². The first-order chi connectivity index (χ1) is 13.1. The lowest BCUT2D eigenvalue weighted by atomic mass is 10.1. The molecule has 29 heavy (non-hydrogen) atoms. The molecule has 0 aromatic heterocycles. The Bertz CT molecular complexity index is 488. The molecule has 0 saturated carbocycles. The molecule has 0 amide bonds. The van der Waals surface area contributed by atoms with E-state index in [9.17, 15) is 9.36 Å². The molecule has 0 heterocycles. The smallest absolute Gasteiger partial charge is 0.451 e. The van der Waals surface area contributed by atoms with E-state index in [1.165, 1.54) is 7.05 Å². The van der Waals surface area contributed by atoms with Gasteiger partial charge >= 0.3 is 13.7 Å². The monoisotopic (exact) mass is 453 g/mol. The van der Waals surface area contributed by atoms with E-state index >= 15 is 0 Å². The fraction of sp³-hybridized carbons (Fsp3) is 0.833. The summed E-state index contributed by atoms with van der Waals surface area (Å²) < 4.78 is 13.1. The van der Waals surface area contributed by atoms with Crippen molar-refractivity contribution >= 4 is 19.7 Å². The van der Waals surface area contributed by atoms with Crippen LogP contribution in [-0.4, -0.2) is 127 Å². The maximum atomic E-state index is 10.3. The maximum Gasteiger partial charge on any atom is 0.451 e. The number of likely N-dealkylation sites (N-methyl/N-ethyl adjacent to an activating group) is 1. The van der Waals surface area contributed by atoms with E-state index in [0.717, 1.165) is 4.90 Å². The lowest BCUT2D eigenvalue weighted by molar-refractivity contribution is -0.137. The average Bonchev–Trinajstić information content (AvgIpc) is 2.66. The van der Waals surface area contributed by atoms with Crippen LogP contribution in [-0.2, 0) is 9.36 Å². The number of carboxylic acids is 1. The number of guanidine groups is 1. The highest BCUT2D eigenvalue weighted by atomic mass is 31.2. The molecule has 0 bridgehead atoms. The van der Waals surface area contributed by atoms with Gasteiger partial charge in [0.1, 0.15) is 6.54 Å². The van der Waals surface area contributed by atoms with Crippen LogP contribution in [0.15, 0.2) is 4.76 Å². The summed E-state index contributed by atoms with van der Waals surface area (Å²) in [5, 5.41) is 58.3. The summed E-state index contributed by atoms with van der Waals surface area (Å²) in [6.45, 7) is -2.89. The van der Waals surface area contributed by atoms with Crippen LogP contribution in [0, 0.1) is 0 Å². The van der Waals surface area contributed by atoms with E-state index < -0.39 is 76.9 Å². The summed E-state index contributed by atoms with van der Waals surface area (Å²) in [6, 6.07) is 0. The summed E-state index contributed by atoms with van der Waals surface area (Å²) in [7, 11) is -3.34. The van der Waals surface area contributed by atoms with E-state index in [4.69, 9.17) is 62.7 Å². The Labute approximate surface area is 166 Å². The molecule has 0 aliphatic carbocycles. The summed E-state index contributed by atoms with van der Waals surface area (Å²) in [5.41, 5.74) is 12.9. The SMILES string of the molecule is CN(CC(=O)O)/C(N)=N/P(=O)(O)O.NC(CO)(CO)CO.NC(CO)(CO)CO. The predicted octanol–water partition coefficient (Wildman–Crippen LogP) is -6.27. The van der Waals surface area contributed by atoms with Gasteiger partial charge in [-0.2, -0.15) is 0 Å². The van der Waals surface area contributed by atoms with Crippen molar-refractivity contribution in [2.24, 2.45) is 22.0 Å². The molecule has 0 saturated heterocycles. The Morgan fingerprint density at radius 1 is 0.897 bits per heavy atom. The van der Waals surface area contributed by atoms with Crippen molar-refractivity contribution in [1.29, 1.82) is 0 Å². The van der Waals surface area contributed by atoms with Crippen LogP contribution >= 0.6 is 7.75 Å². The number of hydrogen-bond donors (Lipinski definition) is 12. The Morgan fingerprint density at radius 3 is 1.31 bits per heavy atom. The second kappa shape index (κ2) is 15.4. The second-order valence-electron chi connectivity index (χ2n) is 5.89. The molecule has 0 rings (SSSR count). The summed E-state index contributed by atoms with van der Waals surface area (Å²) >= 11 is 0. The molecule has 17 heteroatoms. The van der Waals surface area contributed by atoms with E-state index in [0.29, 0.717) is 0 Å². The number of nitrogens with two attached hydrogens (primary N) is 3. The fourth-order valence-corrected chi connectivity index (χ4v) is 1.21. The van der Waals surface area contributed by atoms with Crippen LogP contribution in [0.5, 0.6) is 0 Å². The van der Waals surface area contributed by atoms with Gasteiger partial charge in [0, 0.05) is 7.05 Å². The van der Waals surface area contributed by atoms with Crippen LogP contribution < -0.4 is 17.2 Å². The lowest BCUT2D eigenvalue weighted by Crippen LogP contribution is -2.50. The van der Waals surface area contributed by atoms with Crippen LogP contribution in [0.1, 0.15) is 0 Å². The predicted molar refractivity (Wildman–Crippen MR) is 100 cm³/mol. The van der Waals surface area contributed by atoms with Gasteiger partial charge in [-0.3, -0.25) is 4.79 Å². The third-order valence-electron chi connectivity index (χ3n) is 2.89. The molecule has 0 aliphatic heterocycles. The number of hydrogen-bond acceptors (Lipinski definition) is 10. The highest BCUT2D eigenvalue weighted by molar-refractivity contribution is 7.50. The Balaban J connectivity index is -0.000000368. The molecule has 0 fully saturated rings. The first-order valence-electron chi connectivity index (χ1n) is 7.66. The molecular weight excluding hydrogens is 421 g/mol. The Hall–Kier alpha value is -1.43. The van der Waals surface area contributed by atoms with Crippen molar-refractivity contribution in [3.8, 4) is 0 Å². The molecule has 0 radical (unpaired) electrons. The van der Waals surface area contributed by atoms with Gasteiger partial charge in [-0.15, -0.1) is 4.76 Å². The summed E-state index contributed by atoms with van der Waals surface area (Å²) in [4.78, 5) is 27.7. The normalized spacial score (nSPS) is 12.3. The van der Waals surface area contributed by atoms with Crippen molar-refractivity contribution in [3.05, 3.63) is 0 Å². The average molecular weight is 453 g/mol. The van der Waals surface area contributed by atoms with Crippen molar-refractivity contribution < 1.29 is 54.9 Å². The fourth-order valence-electron chi connectivity index (χ4n) is 0.794. The number of carboxylic acid groups (broad SMARTS) is 1. The molecule has 0 unspecified atom stereocenters. The molecule has 0 aliphatic rings. The number of carbonyl (C=O) groups is 1. The minimum atomic E-state index is -4.59. The number of aliphatic hydroxyl groups is 6. The third-order valence-corrected chi connectivity index (χ3v) is 3.35. The van der Waals surface area contributed by atoms with E-state index in [1.54, 1.807) is 0 Å². The molecular formula is C12H32N5O11P. The van der Waals surface area contributed by atoms with Gasteiger partial charge in [0.25, 0.3) is 0 Å². The van der Waals surface area contributed by atoms with Gasteiger partial charge in [-0.25, -0.2) is 4.57 Å². The molecule has 176 valence electrons. The quantitative estimate of drug-likeness (QED) is 0.0877. The standard InChI is InChI=1S/C4H10N3O5P.2C4H11NO3/c1-7(2-3(8)9)4(5)6-13(10,11)12;2*5-4(1-6,2-7)3-8/h2H2,1H3,(H,8,9)(H4,5,6,10,11,12);2*6-8H,1-3,5H2. The number of aliphatic hydroxyl groups excluding tert-OH is 6. The Kier molecular flexibility index (Phi) is 17.1. The topological polar surface area (TPSA) is 310 Å². The van der Waals surface area contributed by atoms with Gasteiger partial charge in [0.15, 0.2) is 0 Å². The highest BCUT2D eigenvalue weighted by Gasteiger charge is 2.21. The zero-order chi connectivity index (χ0) is 23.9. The van der Waals surface area contributed by atoms with E-state index in [2.05, 4.69) is 4.76 Å². The maximum absolute atomic E-state index is 10.3. The van der Waals surface area contributed by atoms with Crippen molar-refractivity contribution in [3.63, 3.8) is 0 Å². The van der Waals surface area contributed by atoms with Crippen molar-refractivity contribution in [2.75, 3.05) is 53.2 Å². The van der Waals surface area contributed by atoms with E-state index in [-0.39, 0.29) is 0 Å². The molecule has 0 spiro atoms. The van der Waals surface area contributed by atoms with E-state index in [1.807, 2.05) is 0 Å². The number of nitrogens with zero attached hydrogens (tertiary/aromatic N) is 2. The van der Waals surface area contributed by atoms with Gasteiger partial charge < -0.3 is 67.6 Å². The first kappa shape index (κ1) is 32.2. The summed E-state index contributed by atoms with van der Waals surface area (Å²) in [5.74, 6) is -1.69. The molecule has 0 aromatic rings. The number of rotatable bonds is 9. The highest BCUT2D eigenvalue weighted by Crippen LogP contribution is 2.35. The third kappa shape index (κ3) is 18.3. The van der Waals surface area contributed by atoms with Gasteiger partial charge in [-0.1, -0.05) is 0 Å². The molecule has 0 aromatic carbocycles. The second-order valence-corrected chi connectivity index (χ2v) is 7.12. The lowest BCUT2D eigenvalue weighted by Gasteiger charge is -2.20. The first-order valence-corrected chi connectivity index (χ1v) is 9.22. The van der Waals surface area contributed by atoms with Gasteiger partial charge in [0.2, 0.25) is 5.96 Å². The summed E-state index contributed by atoms with van der Waals surface area (Å²) in [6.07, 6.45) is 0. The molecule has 16 nitrogen and oxygen atoms in total. The van der Waals surface area contributed by atoms with Crippen LogP contribution in [0.3, 0.4) is 0 Å². The van der Waals surface area contributed by atoms with Crippen molar-refractivity contribution in [1.82, 2.24) is 4.90 Å². The van der Waals surface area contributed by atoms with Crippen LogP contribution in [0.25, 0.3) is 0 Å². The van der Waals surface area contributed by atoms with Crippen LogP contribution in [0.2, 0.25) is 0 Å². The van der Waals surface area contributed by atoms with Gasteiger partial charge in [-0.05, 0) is 0 Å². The Morgan fingerprint density at radius 2 is 1.17 bits per heavy atom.